The molecule has 1 aliphatic heterocycles. The minimum Gasteiger partial charge on any atom is -0.351 e. The summed E-state index contributed by atoms with van der Waals surface area (Å²) in [6.45, 7) is 2.37. The molecule has 0 spiro atoms. The van der Waals surface area contributed by atoms with Gasteiger partial charge in [-0.05, 0) is 43.0 Å². The number of anilines is 1. The van der Waals surface area contributed by atoms with E-state index in [1.54, 1.807) is 0 Å². The topological polar surface area (TPSA) is 73.2 Å². The van der Waals surface area contributed by atoms with Gasteiger partial charge in [-0.1, -0.05) is 90.1 Å². The van der Waals surface area contributed by atoms with Gasteiger partial charge in [0.15, 0.2) is 0 Å². The van der Waals surface area contributed by atoms with Gasteiger partial charge in [-0.15, -0.1) is 0 Å². The molecule has 1 atom stereocenters. The first kappa shape index (κ1) is 23.3. The van der Waals surface area contributed by atoms with Crippen molar-refractivity contribution in [3.8, 4) is 6.07 Å². The largest absolute Gasteiger partial charge is 0.351 e. The summed E-state index contributed by atoms with van der Waals surface area (Å²) in [5.41, 5.74) is 3.81. The molecule has 0 radical (unpaired) electrons. The molecule has 1 heterocycles. The molecule has 1 saturated heterocycles. The summed E-state index contributed by atoms with van der Waals surface area (Å²) in [7, 11) is 0. The third-order valence-electron chi connectivity index (χ3n) is 5.60. The minimum atomic E-state index is -0.466. The summed E-state index contributed by atoms with van der Waals surface area (Å²) >= 11 is 1.28. The minimum absolute atomic E-state index is 0.0393. The zero-order chi connectivity index (χ0) is 23.9. The summed E-state index contributed by atoms with van der Waals surface area (Å²) in [6.07, 6.45) is 1.18. The molecule has 6 heteroatoms. The van der Waals surface area contributed by atoms with Crippen LogP contribution >= 0.6 is 11.8 Å². The Kier molecular flexibility index (Phi) is 7.46. The van der Waals surface area contributed by atoms with Crippen molar-refractivity contribution in [2.45, 2.75) is 25.0 Å². The molecule has 3 aromatic rings. The highest BCUT2D eigenvalue weighted by Gasteiger charge is 2.40. The average Bonchev–Trinajstić information content (AvgIpc) is 3.17. The van der Waals surface area contributed by atoms with E-state index in [0.29, 0.717) is 30.1 Å². The lowest BCUT2D eigenvalue weighted by Crippen LogP contribution is -2.32. The van der Waals surface area contributed by atoms with Crippen LogP contribution in [0.3, 0.4) is 0 Å². The normalized spacial score (nSPS) is 16.8. The molecular weight excluding hydrogens is 442 g/mol. The Morgan fingerprint density at radius 3 is 2.21 bits per heavy atom. The van der Waals surface area contributed by atoms with Gasteiger partial charge in [-0.2, -0.15) is 5.26 Å². The summed E-state index contributed by atoms with van der Waals surface area (Å²) < 4.78 is 0. The second-order valence-corrected chi connectivity index (χ2v) is 9.28. The quantitative estimate of drug-likeness (QED) is 0.401. The smallest absolute Gasteiger partial charge is 0.264 e. The van der Waals surface area contributed by atoms with E-state index in [4.69, 9.17) is 0 Å². The molecule has 2 amide bonds. The van der Waals surface area contributed by atoms with E-state index >= 15 is 0 Å². The second-order valence-electron chi connectivity index (χ2n) is 8.09. The lowest BCUT2D eigenvalue weighted by molar-refractivity contribution is -0.117. The highest BCUT2D eigenvalue weighted by molar-refractivity contribution is 8.05. The molecule has 1 fully saturated rings. The van der Waals surface area contributed by atoms with Crippen molar-refractivity contribution in [3.05, 3.63) is 112 Å². The number of carbonyl (C=O) groups is 2. The van der Waals surface area contributed by atoms with E-state index in [2.05, 4.69) is 11.4 Å². The van der Waals surface area contributed by atoms with Crippen molar-refractivity contribution in [2.24, 2.45) is 0 Å². The van der Waals surface area contributed by atoms with Crippen molar-refractivity contribution in [1.29, 1.82) is 5.26 Å². The number of nitrogens with one attached hydrogen (secondary N) is 1. The number of nitrogens with zero attached hydrogens (tertiary/aromatic N) is 2. The highest BCUT2D eigenvalue weighted by atomic mass is 32.2. The number of thioether (sulfide) groups is 1. The number of carbonyl (C=O) groups excluding carboxylic acids is 2. The maximum Gasteiger partial charge on any atom is 0.264 e. The molecule has 0 aromatic heterocycles. The van der Waals surface area contributed by atoms with Crippen LogP contribution < -0.4 is 10.2 Å². The predicted octanol–water partition coefficient (Wildman–Crippen LogP) is 4.78. The van der Waals surface area contributed by atoms with Gasteiger partial charge < -0.3 is 5.32 Å². The maximum absolute atomic E-state index is 13.5. The molecule has 170 valence electrons. The van der Waals surface area contributed by atoms with E-state index < -0.39 is 11.2 Å². The molecule has 34 heavy (non-hydrogen) atoms. The summed E-state index contributed by atoms with van der Waals surface area (Å²) in [5.74, 6) is -0.594. The second kappa shape index (κ2) is 10.9. The standard InChI is InChI=1S/C28H25N3O2S/c1-20-12-14-23(15-13-20)31-27(33)25(18-22-10-6-3-7-11-22)34-28(31)24(19-29)26(32)30-17-16-21-8-4-2-5-9-21/h2-15,25H,16-18H2,1H3,(H,30,32). The fourth-order valence-electron chi connectivity index (χ4n) is 3.80. The van der Waals surface area contributed by atoms with Crippen molar-refractivity contribution in [3.63, 3.8) is 0 Å². The van der Waals surface area contributed by atoms with Crippen molar-refractivity contribution in [2.75, 3.05) is 11.4 Å². The number of aryl methyl sites for hydroxylation is 1. The van der Waals surface area contributed by atoms with Crippen LogP contribution in [0.2, 0.25) is 0 Å². The number of hydrogen-bond donors (Lipinski definition) is 1. The van der Waals surface area contributed by atoms with Gasteiger partial charge in [-0.3, -0.25) is 14.5 Å². The van der Waals surface area contributed by atoms with Gasteiger partial charge in [0.05, 0.1) is 5.25 Å². The van der Waals surface area contributed by atoms with Crippen LogP contribution in [0.15, 0.2) is 95.5 Å². The first-order chi connectivity index (χ1) is 16.6. The van der Waals surface area contributed by atoms with Gasteiger partial charge >= 0.3 is 0 Å². The van der Waals surface area contributed by atoms with Crippen molar-refractivity contribution >= 4 is 29.3 Å². The first-order valence-electron chi connectivity index (χ1n) is 11.1. The monoisotopic (exact) mass is 467 g/mol. The zero-order valence-corrected chi connectivity index (χ0v) is 19.7. The summed E-state index contributed by atoms with van der Waals surface area (Å²) in [6, 6.07) is 29.2. The third kappa shape index (κ3) is 5.38. The van der Waals surface area contributed by atoms with Crippen molar-refractivity contribution in [1.82, 2.24) is 5.32 Å². The lowest BCUT2D eigenvalue weighted by Gasteiger charge is -2.19. The number of benzene rings is 3. The number of rotatable bonds is 7. The number of hydrogen-bond acceptors (Lipinski definition) is 4. The molecule has 3 aromatic carbocycles. The van der Waals surface area contributed by atoms with Gasteiger partial charge in [0.25, 0.3) is 5.91 Å². The van der Waals surface area contributed by atoms with E-state index in [0.717, 1.165) is 16.7 Å². The highest BCUT2D eigenvalue weighted by Crippen LogP contribution is 2.41. The Morgan fingerprint density at radius 1 is 0.971 bits per heavy atom. The maximum atomic E-state index is 13.5. The fourth-order valence-corrected chi connectivity index (χ4v) is 5.11. The van der Waals surface area contributed by atoms with Crippen LogP contribution in [-0.4, -0.2) is 23.6 Å². The van der Waals surface area contributed by atoms with Crippen LogP contribution in [-0.2, 0) is 22.4 Å². The first-order valence-corrected chi connectivity index (χ1v) is 12.0. The van der Waals surface area contributed by atoms with Crippen LogP contribution in [0.5, 0.6) is 0 Å². The molecule has 0 saturated carbocycles. The van der Waals surface area contributed by atoms with Gasteiger partial charge in [0.2, 0.25) is 5.91 Å². The SMILES string of the molecule is Cc1ccc(N2C(=O)C(Cc3ccccc3)SC2=C(C#N)C(=O)NCCc2ccccc2)cc1. The van der Waals surface area contributed by atoms with Crippen LogP contribution in [0, 0.1) is 18.3 Å². The predicted molar refractivity (Wildman–Crippen MR) is 136 cm³/mol. The molecular formula is C28H25N3O2S. The van der Waals surface area contributed by atoms with Gasteiger partial charge in [0.1, 0.15) is 16.7 Å². The lowest BCUT2D eigenvalue weighted by atomic mass is 10.1. The Labute approximate surface area is 204 Å². The van der Waals surface area contributed by atoms with Gasteiger partial charge in [0, 0.05) is 12.2 Å². The Bertz CT molecular complexity index is 1230. The summed E-state index contributed by atoms with van der Waals surface area (Å²) in [4.78, 5) is 28.0. The molecule has 0 bridgehead atoms. The Morgan fingerprint density at radius 2 is 1.59 bits per heavy atom. The van der Waals surface area contributed by atoms with E-state index in [-0.39, 0.29) is 11.5 Å². The van der Waals surface area contributed by atoms with E-state index in [9.17, 15) is 14.9 Å². The molecule has 4 rings (SSSR count). The van der Waals surface area contributed by atoms with E-state index in [1.165, 1.54) is 16.7 Å². The number of amides is 2. The molecule has 5 nitrogen and oxygen atoms in total. The number of nitriles is 1. The van der Waals surface area contributed by atoms with E-state index in [1.807, 2.05) is 91.9 Å². The average molecular weight is 468 g/mol. The molecule has 1 aliphatic rings. The molecule has 1 N–H and O–H groups in total. The molecule has 1 unspecified atom stereocenters. The van der Waals surface area contributed by atoms with Crippen LogP contribution in [0.25, 0.3) is 0 Å². The van der Waals surface area contributed by atoms with Gasteiger partial charge in [-0.25, -0.2) is 0 Å². The van der Waals surface area contributed by atoms with Crippen LogP contribution in [0.1, 0.15) is 16.7 Å². The zero-order valence-electron chi connectivity index (χ0n) is 18.9. The Hall–Kier alpha value is -3.82. The van der Waals surface area contributed by atoms with Crippen molar-refractivity contribution < 1.29 is 9.59 Å². The summed E-state index contributed by atoms with van der Waals surface area (Å²) in [5, 5.41) is 12.7. The van der Waals surface area contributed by atoms with Crippen LogP contribution in [0.4, 0.5) is 5.69 Å². The fraction of sp³-hybridized carbons (Fsp3) is 0.179. The molecule has 0 aliphatic carbocycles. The Balaban J connectivity index is 1.61. The third-order valence-corrected chi connectivity index (χ3v) is 6.87.